The van der Waals surface area contributed by atoms with E-state index in [4.69, 9.17) is 9.47 Å². The molecule has 1 fully saturated rings. The molecular formula is C28H31F3N2O5. The first-order chi connectivity index (χ1) is 18.1. The fraction of sp³-hybridized carbons (Fsp3) is 0.429. The van der Waals surface area contributed by atoms with Crippen molar-refractivity contribution in [2.45, 2.75) is 38.7 Å². The molecule has 1 aliphatic rings. The van der Waals surface area contributed by atoms with Crippen LogP contribution in [0.5, 0.6) is 11.5 Å². The largest absolute Gasteiger partial charge is 0.497 e. The lowest BCUT2D eigenvalue weighted by atomic mass is 9.74. The van der Waals surface area contributed by atoms with E-state index in [0.29, 0.717) is 49.9 Å². The van der Waals surface area contributed by atoms with Crippen molar-refractivity contribution in [1.82, 2.24) is 9.88 Å². The lowest BCUT2D eigenvalue weighted by molar-refractivity contribution is -0.153. The Kier molecular flexibility index (Phi) is 8.42. The van der Waals surface area contributed by atoms with Crippen molar-refractivity contribution in [3.63, 3.8) is 0 Å². The predicted molar refractivity (Wildman–Crippen MR) is 135 cm³/mol. The molecule has 10 heteroatoms. The van der Waals surface area contributed by atoms with E-state index in [2.05, 4.69) is 4.98 Å². The molecule has 0 bridgehead atoms. The zero-order valence-electron chi connectivity index (χ0n) is 21.3. The molecule has 0 amide bonds. The number of methoxy groups -OCH3 is 1. The highest BCUT2D eigenvalue weighted by atomic mass is 19.2. The maximum atomic E-state index is 13.8. The van der Waals surface area contributed by atoms with Gasteiger partial charge < -0.3 is 19.7 Å². The number of likely N-dealkylation sites (tertiary alicyclic amines) is 1. The average molecular weight is 533 g/mol. The molecular weight excluding hydrogens is 501 g/mol. The molecule has 1 atom stereocenters. The summed E-state index contributed by atoms with van der Waals surface area (Å²) in [5.74, 6) is -4.26. The van der Waals surface area contributed by atoms with Crippen LogP contribution >= 0.6 is 0 Å². The minimum Gasteiger partial charge on any atom is -0.497 e. The number of benzene rings is 2. The second-order valence-electron chi connectivity index (χ2n) is 9.77. The molecule has 2 aromatic carbocycles. The number of ether oxygens (including phenoxy) is 2. The van der Waals surface area contributed by atoms with Gasteiger partial charge in [-0.05, 0) is 75.0 Å². The molecule has 38 heavy (non-hydrogen) atoms. The molecule has 204 valence electrons. The van der Waals surface area contributed by atoms with E-state index in [9.17, 15) is 28.2 Å². The molecule has 1 aliphatic heterocycles. The van der Waals surface area contributed by atoms with Crippen LogP contribution in [-0.2, 0) is 4.79 Å². The quantitative estimate of drug-likeness (QED) is 0.354. The van der Waals surface area contributed by atoms with E-state index >= 15 is 0 Å². The normalized spacial score (nSPS) is 16.4. The number of carboxylic acid groups (broad SMARTS) is 1. The number of carboxylic acids is 1. The Hall–Kier alpha value is -3.37. The molecule has 0 saturated carbocycles. The lowest BCUT2D eigenvalue weighted by Gasteiger charge is -2.39. The van der Waals surface area contributed by atoms with Gasteiger partial charge in [-0.2, -0.15) is 4.39 Å². The molecule has 7 nitrogen and oxygen atoms in total. The number of aliphatic carboxylic acids is 1. The summed E-state index contributed by atoms with van der Waals surface area (Å²) in [6.07, 6.45) is 2.09. The third-order valence-corrected chi connectivity index (χ3v) is 7.44. The predicted octanol–water partition coefficient (Wildman–Crippen LogP) is 5.03. The van der Waals surface area contributed by atoms with Gasteiger partial charge >= 0.3 is 5.97 Å². The first-order valence-electron chi connectivity index (χ1n) is 12.5. The second-order valence-corrected chi connectivity index (χ2v) is 9.77. The topological polar surface area (TPSA) is 92.1 Å². The Morgan fingerprint density at radius 2 is 1.92 bits per heavy atom. The summed E-state index contributed by atoms with van der Waals surface area (Å²) < 4.78 is 51.1. The molecule has 3 aromatic rings. The van der Waals surface area contributed by atoms with Crippen molar-refractivity contribution < 1.29 is 37.7 Å². The number of halogens is 3. The van der Waals surface area contributed by atoms with E-state index in [0.717, 1.165) is 22.5 Å². The van der Waals surface area contributed by atoms with Crippen LogP contribution in [0, 0.1) is 29.8 Å². The number of aryl methyl sites for hydroxylation is 1. The van der Waals surface area contributed by atoms with Crippen molar-refractivity contribution in [3.8, 4) is 11.5 Å². The summed E-state index contributed by atoms with van der Waals surface area (Å²) >= 11 is 0. The monoisotopic (exact) mass is 532 g/mol. The first kappa shape index (κ1) is 27.7. The van der Waals surface area contributed by atoms with Gasteiger partial charge in [-0.3, -0.25) is 14.7 Å². The van der Waals surface area contributed by atoms with E-state index < -0.39 is 40.7 Å². The van der Waals surface area contributed by atoms with Gasteiger partial charge in [-0.25, -0.2) is 8.78 Å². The third kappa shape index (κ3) is 5.86. The van der Waals surface area contributed by atoms with Crippen molar-refractivity contribution in [2.24, 2.45) is 5.41 Å². The van der Waals surface area contributed by atoms with Crippen LogP contribution in [0.25, 0.3) is 10.9 Å². The van der Waals surface area contributed by atoms with E-state index in [-0.39, 0.29) is 19.4 Å². The van der Waals surface area contributed by atoms with Gasteiger partial charge in [0.1, 0.15) is 18.2 Å². The van der Waals surface area contributed by atoms with Gasteiger partial charge in [-0.1, -0.05) is 0 Å². The van der Waals surface area contributed by atoms with Crippen LogP contribution in [0.4, 0.5) is 13.2 Å². The van der Waals surface area contributed by atoms with Gasteiger partial charge in [-0.15, -0.1) is 0 Å². The maximum Gasteiger partial charge on any atom is 0.309 e. The van der Waals surface area contributed by atoms with Gasteiger partial charge in [0, 0.05) is 30.3 Å². The van der Waals surface area contributed by atoms with Crippen molar-refractivity contribution in [3.05, 3.63) is 65.1 Å². The highest BCUT2D eigenvalue weighted by Crippen LogP contribution is 2.40. The van der Waals surface area contributed by atoms with E-state index in [1.807, 2.05) is 24.0 Å². The Labute approximate surface area is 218 Å². The van der Waals surface area contributed by atoms with Crippen molar-refractivity contribution in [1.29, 1.82) is 0 Å². The first-order valence-corrected chi connectivity index (χ1v) is 12.5. The second kappa shape index (κ2) is 11.6. The summed E-state index contributed by atoms with van der Waals surface area (Å²) in [6, 6.07) is 6.68. The van der Waals surface area contributed by atoms with Gasteiger partial charge in [0.25, 0.3) is 0 Å². The summed E-state index contributed by atoms with van der Waals surface area (Å²) in [4.78, 5) is 18.7. The molecule has 2 heterocycles. The number of aliphatic hydroxyl groups excluding tert-OH is 1. The van der Waals surface area contributed by atoms with E-state index in [1.54, 1.807) is 19.4 Å². The summed E-state index contributed by atoms with van der Waals surface area (Å²) in [5, 5.41) is 22.0. The van der Waals surface area contributed by atoms with Crippen molar-refractivity contribution >= 4 is 16.9 Å². The molecule has 1 aromatic heterocycles. The number of hydrogen-bond donors (Lipinski definition) is 2. The number of rotatable bonds is 10. The van der Waals surface area contributed by atoms with Crippen LogP contribution in [0.1, 0.15) is 42.9 Å². The molecule has 1 saturated heterocycles. The Morgan fingerprint density at radius 3 is 2.61 bits per heavy atom. The molecule has 0 radical (unpaired) electrons. The third-order valence-electron chi connectivity index (χ3n) is 7.44. The van der Waals surface area contributed by atoms with Gasteiger partial charge in [0.05, 0.1) is 24.1 Å². The standard InChI is InChI=1S/C28H31F3N2O5/c1-17-16-32-22-4-3-19(37-2)15-20(22)25(17)23(34)5-6-28(27(35)36)7-9-33(10-8-28)11-12-38-24-14-18(29)13-21(30)26(24)31/h3-4,13-16,23,34H,5-12H2,1-2H3,(H,35,36)/t23-/m1/s1. The highest BCUT2D eigenvalue weighted by Gasteiger charge is 2.41. The number of aliphatic hydroxyl groups is 1. The lowest BCUT2D eigenvalue weighted by Crippen LogP contribution is -2.45. The van der Waals surface area contributed by atoms with Crippen LogP contribution in [0.2, 0.25) is 0 Å². The minimum atomic E-state index is -1.32. The number of fused-ring (bicyclic) bond motifs is 1. The van der Waals surface area contributed by atoms with E-state index in [1.165, 1.54) is 0 Å². The molecule has 2 N–H and O–H groups in total. The van der Waals surface area contributed by atoms with Crippen LogP contribution in [0.15, 0.2) is 36.5 Å². The van der Waals surface area contributed by atoms with Crippen LogP contribution in [0.3, 0.4) is 0 Å². The Balaban J connectivity index is 1.37. The Morgan fingerprint density at radius 1 is 1.18 bits per heavy atom. The highest BCUT2D eigenvalue weighted by molar-refractivity contribution is 5.85. The number of carbonyl (C=O) groups is 1. The van der Waals surface area contributed by atoms with Gasteiger partial charge in [0.2, 0.25) is 5.82 Å². The summed E-state index contributed by atoms with van der Waals surface area (Å²) in [6.45, 7) is 3.12. The fourth-order valence-electron chi connectivity index (χ4n) is 5.12. The average Bonchev–Trinajstić information content (AvgIpc) is 2.90. The van der Waals surface area contributed by atoms with Crippen LogP contribution in [-0.4, -0.2) is 59.4 Å². The molecule has 0 spiro atoms. The zero-order chi connectivity index (χ0) is 27.4. The van der Waals surface area contributed by atoms with Gasteiger partial charge in [0.15, 0.2) is 11.6 Å². The SMILES string of the molecule is COc1ccc2ncc(C)c([C@H](O)CCC3(C(=O)O)CCN(CCOc4cc(F)cc(F)c4F)CC3)c2c1. The molecule has 4 rings (SSSR count). The zero-order valence-corrected chi connectivity index (χ0v) is 21.3. The Bertz CT molecular complexity index is 1310. The smallest absolute Gasteiger partial charge is 0.309 e. The maximum absolute atomic E-state index is 13.8. The number of piperidine rings is 1. The molecule has 0 unspecified atom stereocenters. The number of hydrogen-bond acceptors (Lipinski definition) is 6. The number of pyridine rings is 1. The van der Waals surface area contributed by atoms with Crippen LogP contribution < -0.4 is 9.47 Å². The minimum absolute atomic E-state index is 0.00352. The number of nitrogens with zero attached hydrogens (tertiary/aromatic N) is 2. The summed E-state index contributed by atoms with van der Waals surface area (Å²) in [7, 11) is 1.56. The summed E-state index contributed by atoms with van der Waals surface area (Å²) in [5.41, 5.74) is 1.25. The number of aromatic nitrogens is 1. The fourth-order valence-corrected chi connectivity index (χ4v) is 5.12. The van der Waals surface area contributed by atoms with Crippen molar-refractivity contribution in [2.75, 3.05) is 33.4 Å². The molecule has 0 aliphatic carbocycles.